The molecule has 2 fully saturated rings. The normalized spacial score (nSPS) is 18.5. The zero-order chi connectivity index (χ0) is 22.7. The van der Waals surface area contributed by atoms with E-state index in [0.29, 0.717) is 38.5 Å². The van der Waals surface area contributed by atoms with Gasteiger partial charge in [0.1, 0.15) is 6.10 Å². The minimum atomic E-state index is -0.432. The summed E-state index contributed by atoms with van der Waals surface area (Å²) in [6.45, 7) is 4.69. The molecule has 1 aromatic heterocycles. The van der Waals surface area contributed by atoms with Gasteiger partial charge in [0, 0.05) is 56.7 Å². The number of anilines is 3. The first kappa shape index (κ1) is 21.3. The van der Waals surface area contributed by atoms with E-state index in [1.54, 1.807) is 17.2 Å². The number of hydrogen-bond donors (Lipinski definition) is 1. The number of rotatable bonds is 6. The van der Waals surface area contributed by atoms with E-state index >= 15 is 0 Å². The molecule has 168 valence electrons. The number of hydrogen-bond acceptors (Lipinski definition) is 8. The number of carbonyl (C=O) groups is 2. The van der Waals surface area contributed by atoms with Crippen LogP contribution < -0.4 is 20.0 Å². The highest BCUT2D eigenvalue weighted by Crippen LogP contribution is 2.28. The third-order valence-corrected chi connectivity index (χ3v) is 5.52. The Labute approximate surface area is 184 Å². The van der Waals surface area contributed by atoms with E-state index in [2.05, 4.69) is 15.2 Å². The van der Waals surface area contributed by atoms with E-state index in [1.807, 2.05) is 29.2 Å². The molecule has 0 bridgehead atoms. The number of benzene rings is 1. The van der Waals surface area contributed by atoms with Crippen LogP contribution in [0.15, 0.2) is 42.6 Å². The van der Waals surface area contributed by atoms with Gasteiger partial charge < -0.3 is 19.9 Å². The Morgan fingerprint density at radius 3 is 2.47 bits per heavy atom. The van der Waals surface area contributed by atoms with Crippen LogP contribution in [0.3, 0.4) is 0 Å². The van der Waals surface area contributed by atoms with Crippen LogP contribution >= 0.6 is 0 Å². The molecule has 1 atom stereocenters. The second-order valence-corrected chi connectivity index (χ2v) is 7.65. The van der Waals surface area contributed by atoms with E-state index in [1.165, 1.54) is 13.0 Å². The topological polar surface area (TPSA) is 121 Å². The van der Waals surface area contributed by atoms with Gasteiger partial charge in [-0.3, -0.25) is 19.8 Å². The summed E-state index contributed by atoms with van der Waals surface area (Å²) in [5, 5.41) is 13.9. The molecular weight excluding hydrogens is 416 g/mol. The Kier molecular flexibility index (Phi) is 6.06. The quantitative estimate of drug-likeness (QED) is 0.533. The predicted molar refractivity (Wildman–Crippen MR) is 118 cm³/mol. The maximum absolute atomic E-state index is 12.2. The molecule has 11 nitrogen and oxygen atoms in total. The highest BCUT2D eigenvalue weighted by molar-refractivity contribution is 5.90. The van der Waals surface area contributed by atoms with Crippen LogP contribution in [-0.2, 0) is 9.53 Å². The summed E-state index contributed by atoms with van der Waals surface area (Å²) in [4.78, 5) is 44.0. The number of amides is 2. The molecule has 4 rings (SSSR count). The molecule has 0 aliphatic carbocycles. The summed E-state index contributed by atoms with van der Waals surface area (Å²) >= 11 is 0. The lowest BCUT2D eigenvalue weighted by molar-refractivity contribution is -0.384. The van der Waals surface area contributed by atoms with E-state index in [0.717, 1.165) is 11.4 Å². The zero-order valence-electron chi connectivity index (χ0n) is 17.6. The number of pyridine rings is 1. The predicted octanol–water partition coefficient (Wildman–Crippen LogP) is 1.78. The van der Waals surface area contributed by atoms with Crippen molar-refractivity contribution in [2.24, 2.45) is 0 Å². The smallest absolute Gasteiger partial charge is 0.414 e. The number of nitro groups is 1. The first-order valence-corrected chi connectivity index (χ1v) is 10.3. The van der Waals surface area contributed by atoms with Gasteiger partial charge in [-0.15, -0.1) is 0 Å². The van der Waals surface area contributed by atoms with Crippen molar-refractivity contribution in [3.05, 3.63) is 52.7 Å². The van der Waals surface area contributed by atoms with E-state index in [-0.39, 0.29) is 24.2 Å². The molecule has 2 amide bonds. The fraction of sp³-hybridized carbons (Fsp3) is 0.381. The van der Waals surface area contributed by atoms with Gasteiger partial charge in [0.05, 0.1) is 18.0 Å². The second-order valence-electron chi connectivity index (χ2n) is 7.65. The van der Waals surface area contributed by atoms with Crippen molar-refractivity contribution in [2.75, 3.05) is 54.0 Å². The van der Waals surface area contributed by atoms with Crippen LogP contribution in [0, 0.1) is 10.1 Å². The van der Waals surface area contributed by atoms with Crippen LogP contribution in [0.1, 0.15) is 6.92 Å². The van der Waals surface area contributed by atoms with Gasteiger partial charge in [-0.2, -0.15) is 0 Å². The fourth-order valence-corrected chi connectivity index (χ4v) is 3.89. The first-order valence-electron chi connectivity index (χ1n) is 10.3. The molecule has 2 aliphatic heterocycles. The number of aromatic nitrogens is 1. The molecule has 1 N–H and O–H groups in total. The highest BCUT2D eigenvalue weighted by Gasteiger charge is 2.32. The Bertz CT molecular complexity index is 1010. The van der Waals surface area contributed by atoms with Crippen LogP contribution in [0.25, 0.3) is 0 Å². The van der Waals surface area contributed by atoms with Crippen molar-refractivity contribution < 1.29 is 19.2 Å². The van der Waals surface area contributed by atoms with E-state index < -0.39 is 11.0 Å². The summed E-state index contributed by atoms with van der Waals surface area (Å²) in [7, 11) is 0. The monoisotopic (exact) mass is 440 g/mol. The number of carbonyl (C=O) groups excluding carboxylic acids is 2. The maximum atomic E-state index is 12.2. The zero-order valence-corrected chi connectivity index (χ0v) is 17.6. The molecule has 0 saturated carbocycles. The molecule has 0 radical (unpaired) electrons. The van der Waals surface area contributed by atoms with Crippen molar-refractivity contribution in [3.8, 4) is 0 Å². The molecule has 32 heavy (non-hydrogen) atoms. The second kappa shape index (κ2) is 9.08. The van der Waals surface area contributed by atoms with Gasteiger partial charge in [0.15, 0.2) is 0 Å². The van der Waals surface area contributed by atoms with Crippen molar-refractivity contribution >= 4 is 34.9 Å². The van der Waals surface area contributed by atoms with Gasteiger partial charge >= 0.3 is 11.8 Å². The van der Waals surface area contributed by atoms with Crippen molar-refractivity contribution in [2.45, 2.75) is 13.0 Å². The average Bonchev–Trinajstić information content (AvgIpc) is 3.18. The van der Waals surface area contributed by atoms with E-state index in [4.69, 9.17) is 4.74 Å². The Hall–Kier alpha value is -3.89. The van der Waals surface area contributed by atoms with Crippen molar-refractivity contribution in [3.63, 3.8) is 0 Å². The number of nitrogens with zero attached hydrogens (tertiary/aromatic N) is 5. The molecular formula is C21H24N6O5. The number of ether oxygens (including phenoxy) is 1. The minimum absolute atomic E-state index is 0.0135. The van der Waals surface area contributed by atoms with Gasteiger partial charge in [-0.1, -0.05) is 0 Å². The Morgan fingerprint density at radius 1 is 1.16 bits per heavy atom. The minimum Gasteiger partial charge on any atom is -0.442 e. The molecule has 11 heteroatoms. The fourth-order valence-electron chi connectivity index (χ4n) is 3.89. The first-order chi connectivity index (χ1) is 15.4. The standard InChI is InChI=1S/C21H24N6O5/c1-15(28)23-13-18-14-26(21(29)32-18)17-6-4-16(5-7-17)24-9-11-25(12-10-24)20-19(27(30)31)3-2-8-22-20/h2-8,18H,9-14H2,1H3,(H,23,28)/t18-/m0/s1. The van der Waals surface area contributed by atoms with Crippen LogP contribution in [0.5, 0.6) is 0 Å². The van der Waals surface area contributed by atoms with Gasteiger partial charge in [0.25, 0.3) is 0 Å². The molecule has 2 saturated heterocycles. The summed E-state index contributed by atoms with van der Waals surface area (Å²) in [5.74, 6) is 0.232. The lowest BCUT2D eigenvalue weighted by atomic mass is 10.2. The highest BCUT2D eigenvalue weighted by atomic mass is 16.6. The Morgan fingerprint density at radius 2 is 1.81 bits per heavy atom. The molecule has 2 aromatic rings. The summed E-state index contributed by atoms with van der Waals surface area (Å²) in [5.41, 5.74) is 1.75. The van der Waals surface area contributed by atoms with Crippen LogP contribution in [0.2, 0.25) is 0 Å². The summed E-state index contributed by atoms with van der Waals surface area (Å²) in [6, 6.07) is 10.7. The SMILES string of the molecule is CC(=O)NC[C@H]1CN(c2ccc(N3CCN(c4ncccc4[N+](=O)[O-])CC3)cc2)C(=O)O1. The summed E-state index contributed by atoms with van der Waals surface area (Å²) in [6.07, 6.45) is 0.755. The lowest BCUT2D eigenvalue weighted by Crippen LogP contribution is -2.47. The molecule has 0 unspecified atom stereocenters. The molecule has 1 aromatic carbocycles. The van der Waals surface area contributed by atoms with E-state index in [9.17, 15) is 19.7 Å². The molecule has 0 spiro atoms. The lowest BCUT2D eigenvalue weighted by Gasteiger charge is -2.36. The average molecular weight is 440 g/mol. The maximum Gasteiger partial charge on any atom is 0.414 e. The van der Waals surface area contributed by atoms with Gasteiger partial charge in [0.2, 0.25) is 11.7 Å². The third-order valence-electron chi connectivity index (χ3n) is 5.52. The molecule has 2 aliphatic rings. The summed E-state index contributed by atoms with van der Waals surface area (Å²) < 4.78 is 5.31. The van der Waals surface area contributed by atoms with Gasteiger partial charge in [-0.05, 0) is 30.3 Å². The Balaban J connectivity index is 1.36. The number of nitrogens with one attached hydrogen (secondary N) is 1. The van der Waals surface area contributed by atoms with Gasteiger partial charge in [-0.25, -0.2) is 9.78 Å². The van der Waals surface area contributed by atoms with Crippen LogP contribution in [0.4, 0.5) is 27.7 Å². The van der Waals surface area contributed by atoms with Crippen LogP contribution in [-0.4, -0.2) is 67.3 Å². The number of cyclic esters (lactones) is 1. The molecule has 3 heterocycles. The van der Waals surface area contributed by atoms with Crippen molar-refractivity contribution in [1.29, 1.82) is 0 Å². The number of piperazine rings is 1. The van der Waals surface area contributed by atoms with Crippen molar-refractivity contribution in [1.82, 2.24) is 10.3 Å². The third kappa shape index (κ3) is 4.56. The largest absolute Gasteiger partial charge is 0.442 e.